The van der Waals surface area contributed by atoms with E-state index < -0.39 is 0 Å². The Morgan fingerprint density at radius 1 is 1.65 bits per heavy atom. The summed E-state index contributed by atoms with van der Waals surface area (Å²) < 4.78 is 7.05. The van der Waals surface area contributed by atoms with Crippen molar-refractivity contribution in [3.63, 3.8) is 0 Å². The van der Waals surface area contributed by atoms with Gasteiger partial charge in [0, 0.05) is 30.8 Å². The first-order valence-electron chi connectivity index (χ1n) is 5.87. The number of amides is 1. The lowest BCUT2D eigenvalue weighted by molar-refractivity contribution is 0.145. The third-order valence-electron chi connectivity index (χ3n) is 2.51. The van der Waals surface area contributed by atoms with Crippen molar-refractivity contribution in [2.24, 2.45) is 0 Å². The fourth-order valence-corrected chi connectivity index (χ4v) is 1.76. The second kappa shape index (κ2) is 5.08. The van der Waals surface area contributed by atoms with E-state index in [1.165, 1.54) is 5.69 Å². The Balaban J connectivity index is 1.75. The molecule has 1 radical (unpaired) electrons. The molecule has 1 aromatic heterocycles. The number of alkyl carbamates (subject to hydrolysis) is 1. The van der Waals surface area contributed by atoms with Crippen LogP contribution in [0.4, 0.5) is 4.79 Å². The molecule has 0 unspecified atom stereocenters. The van der Waals surface area contributed by atoms with Crippen LogP contribution in [0.1, 0.15) is 25.1 Å². The normalized spacial score (nSPS) is 12.9. The third kappa shape index (κ3) is 3.12. The zero-order valence-electron chi connectivity index (χ0n) is 10.2. The van der Waals surface area contributed by atoms with Crippen molar-refractivity contribution < 1.29 is 9.53 Å². The maximum Gasteiger partial charge on any atom is 0.407 e. The quantitative estimate of drug-likeness (QED) is 0.864. The van der Waals surface area contributed by atoms with Gasteiger partial charge in [0.25, 0.3) is 0 Å². The van der Waals surface area contributed by atoms with E-state index in [1.807, 2.05) is 24.6 Å². The molecule has 0 spiro atoms. The highest BCUT2D eigenvalue weighted by atomic mass is 16.5. The van der Waals surface area contributed by atoms with Crippen molar-refractivity contribution in [2.45, 2.75) is 32.7 Å². The fourth-order valence-electron chi connectivity index (χ4n) is 1.76. The Kier molecular flexibility index (Phi) is 3.52. The highest BCUT2D eigenvalue weighted by Gasteiger charge is 2.09. The van der Waals surface area contributed by atoms with Gasteiger partial charge in [0.05, 0.1) is 12.8 Å². The van der Waals surface area contributed by atoms with Crippen LogP contribution >= 0.6 is 0 Å². The second-order valence-electron chi connectivity index (χ2n) is 4.42. The summed E-state index contributed by atoms with van der Waals surface area (Å²) in [6.45, 7) is 4.20. The highest BCUT2D eigenvalue weighted by Crippen LogP contribution is 2.15. The largest absolute Gasteiger partial charge is 0.449 e. The molecule has 1 aliphatic rings. The van der Waals surface area contributed by atoms with Gasteiger partial charge in [-0.1, -0.05) is 6.08 Å². The Hall–Kier alpha value is -1.71. The average Bonchev–Trinajstić information content (AvgIpc) is 2.76. The molecule has 17 heavy (non-hydrogen) atoms. The number of nitrogens with zero attached hydrogens (tertiary/aromatic N) is 1. The monoisotopic (exact) mass is 233 g/mol. The van der Waals surface area contributed by atoms with Crippen LogP contribution in [-0.2, 0) is 17.6 Å². The molecule has 0 atom stereocenters. The molecule has 1 aliphatic heterocycles. The van der Waals surface area contributed by atoms with Crippen LogP contribution < -0.4 is 5.32 Å². The van der Waals surface area contributed by atoms with Crippen molar-refractivity contribution in [1.82, 2.24) is 9.88 Å². The van der Waals surface area contributed by atoms with Crippen molar-refractivity contribution >= 4 is 12.3 Å². The lowest BCUT2D eigenvalue weighted by atomic mass is 10.2. The molecule has 1 amide bonds. The van der Waals surface area contributed by atoms with Crippen LogP contribution in [-0.4, -0.2) is 23.3 Å². The Bertz CT molecular complexity index is 433. The zero-order chi connectivity index (χ0) is 12.3. The predicted octanol–water partition coefficient (Wildman–Crippen LogP) is 1.99. The van der Waals surface area contributed by atoms with Gasteiger partial charge in [-0.3, -0.25) is 0 Å². The summed E-state index contributed by atoms with van der Waals surface area (Å²) in [5.41, 5.74) is 2.33. The summed E-state index contributed by atoms with van der Waals surface area (Å²) in [4.78, 5) is 11.2. The van der Waals surface area contributed by atoms with Crippen LogP contribution in [0.5, 0.6) is 0 Å². The smallest absolute Gasteiger partial charge is 0.407 e. The van der Waals surface area contributed by atoms with Crippen molar-refractivity contribution in [3.05, 3.63) is 29.6 Å². The number of carbonyl (C=O) groups excluding carboxylic acids is 1. The molecular weight excluding hydrogens is 216 g/mol. The molecule has 1 N–H and O–H groups in total. The van der Waals surface area contributed by atoms with Gasteiger partial charge in [0.15, 0.2) is 0 Å². The van der Waals surface area contributed by atoms with E-state index in [-0.39, 0.29) is 12.1 Å². The summed E-state index contributed by atoms with van der Waals surface area (Å²) in [7, 11) is 0. The zero-order valence-corrected chi connectivity index (χ0v) is 10.2. The van der Waals surface area contributed by atoms with Crippen LogP contribution in [0, 0.1) is 6.20 Å². The topological polar surface area (TPSA) is 43.3 Å². The maximum absolute atomic E-state index is 11.2. The van der Waals surface area contributed by atoms with Crippen LogP contribution in [0.3, 0.4) is 0 Å². The van der Waals surface area contributed by atoms with E-state index in [4.69, 9.17) is 4.74 Å². The minimum Gasteiger partial charge on any atom is -0.449 e. The number of carbonyl (C=O) groups is 1. The van der Waals surface area contributed by atoms with Crippen LogP contribution in [0.15, 0.2) is 12.1 Å². The van der Waals surface area contributed by atoms with E-state index in [9.17, 15) is 4.79 Å². The molecule has 0 aromatic carbocycles. The molecule has 4 heteroatoms. The average molecular weight is 233 g/mol. The van der Waals surface area contributed by atoms with Crippen LogP contribution in [0.25, 0.3) is 6.20 Å². The van der Waals surface area contributed by atoms with Crippen molar-refractivity contribution in [1.29, 1.82) is 0 Å². The van der Waals surface area contributed by atoms with E-state index in [2.05, 4.69) is 23.7 Å². The van der Waals surface area contributed by atoms with Crippen LogP contribution in [0.2, 0.25) is 0 Å². The number of allylic oxidation sites excluding steroid dienone is 1. The SMILES string of the molecule is CC(C)NC(=O)OCCc1[c]n2c(c1)CC=C2. The number of ether oxygens (including phenoxy) is 1. The molecular formula is C13H17N2O2. The van der Waals surface area contributed by atoms with Gasteiger partial charge in [0.1, 0.15) is 0 Å². The number of fused-ring (bicyclic) bond motifs is 1. The lowest BCUT2D eigenvalue weighted by Crippen LogP contribution is -2.31. The van der Waals surface area contributed by atoms with E-state index in [1.54, 1.807) is 0 Å². The molecule has 91 valence electrons. The lowest BCUT2D eigenvalue weighted by Gasteiger charge is -2.08. The summed E-state index contributed by atoms with van der Waals surface area (Å²) in [6.07, 6.45) is 8.65. The number of hydrogen-bond donors (Lipinski definition) is 1. The Morgan fingerprint density at radius 3 is 3.18 bits per heavy atom. The Labute approximate surface area is 101 Å². The van der Waals surface area contributed by atoms with E-state index in [0.717, 1.165) is 12.0 Å². The van der Waals surface area contributed by atoms with Crippen molar-refractivity contribution in [3.8, 4) is 0 Å². The molecule has 0 bridgehead atoms. The van der Waals surface area contributed by atoms with Gasteiger partial charge in [-0.2, -0.15) is 0 Å². The molecule has 4 nitrogen and oxygen atoms in total. The van der Waals surface area contributed by atoms with Gasteiger partial charge in [-0.05, 0) is 25.5 Å². The molecule has 0 aliphatic carbocycles. The predicted molar refractivity (Wildman–Crippen MR) is 65.6 cm³/mol. The summed E-state index contributed by atoms with van der Waals surface area (Å²) in [6, 6.07) is 2.21. The molecule has 1 aromatic rings. The maximum atomic E-state index is 11.2. The minimum atomic E-state index is -0.355. The Morgan fingerprint density at radius 2 is 2.47 bits per heavy atom. The number of aromatic nitrogens is 1. The first-order chi connectivity index (χ1) is 8.15. The summed E-state index contributed by atoms with van der Waals surface area (Å²) in [5, 5.41) is 2.68. The van der Waals surface area contributed by atoms with E-state index in [0.29, 0.717) is 13.0 Å². The third-order valence-corrected chi connectivity index (χ3v) is 2.51. The minimum absolute atomic E-state index is 0.109. The molecule has 0 saturated heterocycles. The summed E-state index contributed by atoms with van der Waals surface area (Å²) in [5.74, 6) is 0. The van der Waals surface area contributed by atoms with Gasteiger partial charge >= 0.3 is 6.09 Å². The standard InChI is InChI=1S/C13H17N2O2/c1-10(2)14-13(16)17-7-5-11-8-12-4-3-6-15(12)9-11/h3,6,8,10H,4-5,7H2,1-2H3,(H,14,16). The van der Waals surface area contributed by atoms with Gasteiger partial charge in [-0.25, -0.2) is 4.79 Å². The second-order valence-corrected chi connectivity index (χ2v) is 4.42. The number of nitrogens with one attached hydrogen (secondary N) is 1. The summed E-state index contributed by atoms with van der Waals surface area (Å²) >= 11 is 0. The van der Waals surface area contributed by atoms with Gasteiger partial charge in [0.2, 0.25) is 0 Å². The number of hydrogen-bond acceptors (Lipinski definition) is 2. The first kappa shape index (κ1) is 11.8. The molecule has 0 saturated carbocycles. The van der Waals surface area contributed by atoms with Crippen molar-refractivity contribution in [2.75, 3.05) is 6.61 Å². The van der Waals surface area contributed by atoms with E-state index >= 15 is 0 Å². The molecule has 0 fully saturated rings. The highest BCUT2D eigenvalue weighted by molar-refractivity contribution is 5.67. The van der Waals surface area contributed by atoms with Gasteiger partial charge in [-0.15, -0.1) is 0 Å². The molecule has 2 rings (SSSR count). The van der Waals surface area contributed by atoms with Gasteiger partial charge < -0.3 is 14.6 Å². The number of rotatable bonds is 4. The first-order valence-corrected chi connectivity index (χ1v) is 5.87. The molecule has 2 heterocycles. The fraction of sp³-hybridized carbons (Fsp3) is 0.462.